The van der Waals surface area contributed by atoms with Gasteiger partial charge in [-0.05, 0) is 49.2 Å². The molecule has 0 spiro atoms. The minimum absolute atomic E-state index is 0.140. The number of hydrogen-bond donors (Lipinski definition) is 1. The third-order valence-corrected chi connectivity index (χ3v) is 5.76. The topological polar surface area (TPSA) is 62.5 Å². The predicted octanol–water partition coefficient (Wildman–Crippen LogP) is 5.72. The normalized spacial score (nSPS) is 12.0. The molecule has 0 aromatic heterocycles. The minimum Gasteiger partial charge on any atom is -0.493 e. The van der Waals surface area contributed by atoms with E-state index >= 15 is 0 Å². The van der Waals surface area contributed by atoms with Gasteiger partial charge in [-0.15, -0.1) is 0 Å². The van der Waals surface area contributed by atoms with E-state index < -0.39 is 4.75 Å². The summed E-state index contributed by atoms with van der Waals surface area (Å²) < 4.78 is 9.89. The first kappa shape index (κ1) is 23.3. The fourth-order valence-corrected chi connectivity index (χ4v) is 3.74. The summed E-state index contributed by atoms with van der Waals surface area (Å²) in [7, 11) is 3.19. The van der Waals surface area contributed by atoms with Crippen molar-refractivity contribution in [2.75, 3.05) is 14.2 Å². The highest BCUT2D eigenvalue weighted by molar-refractivity contribution is 8.00. The molecule has 156 valence electrons. The van der Waals surface area contributed by atoms with E-state index in [1.54, 1.807) is 14.2 Å². The van der Waals surface area contributed by atoms with Crippen LogP contribution in [0.4, 0.5) is 0 Å². The van der Waals surface area contributed by atoms with E-state index in [0.29, 0.717) is 11.5 Å². The lowest BCUT2D eigenvalue weighted by atomic mass is 10.0. The third-order valence-electron chi connectivity index (χ3n) is 4.52. The van der Waals surface area contributed by atoms with Crippen LogP contribution in [0.2, 0.25) is 0 Å². The average molecular weight is 422 g/mol. The van der Waals surface area contributed by atoms with Gasteiger partial charge in [0.25, 0.3) is 0 Å². The molecular weight excluding hydrogens is 394 g/mol. The van der Waals surface area contributed by atoms with Crippen molar-refractivity contribution >= 4 is 11.8 Å². The maximum absolute atomic E-state index is 9.70. The van der Waals surface area contributed by atoms with Crippen LogP contribution in [0.15, 0.2) is 77.7 Å². The summed E-state index contributed by atoms with van der Waals surface area (Å²) in [5, 5.41) is 18.2. The van der Waals surface area contributed by atoms with E-state index in [2.05, 4.69) is 18.2 Å². The van der Waals surface area contributed by atoms with Gasteiger partial charge in [0.1, 0.15) is 4.75 Å². The van der Waals surface area contributed by atoms with E-state index in [1.807, 2.05) is 74.5 Å². The second-order valence-corrected chi connectivity index (χ2v) is 8.27. The summed E-state index contributed by atoms with van der Waals surface area (Å²) in [4.78, 5) is 1.06. The number of ether oxygens (including phenoxy) is 2. The van der Waals surface area contributed by atoms with Gasteiger partial charge in [0.15, 0.2) is 11.5 Å². The summed E-state index contributed by atoms with van der Waals surface area (Å²) in [5.41, 5.74) is 3.06. The van der Waals surface area contributed by atoms with Crippen molar-refractivity contribution in [3.63, 3.8) is 0 Å². The fraction of sp³-hybridized carbons (Fsp3) is 0.240. The molecule has 0 aliphatic rings. The van der Waals surface area contributed by atoms with Crippen LogP contribution in [0.5, 0.6) is 11.5 Å². The molecule has 3 aromatic carbocycles. The molecule has 3 aromatic rings. The molecule has 0 saturated heterocycles. The van der Waals surface area contributed by atoms with Crippen molar-refractivity contribution in [1.82, 2.24) is 0 Å². The molecule has 0 aliphatic carbocycles. The molecule has 3 rings (SSSR count). The highest BCUT2D eigenvalue weighted by atomic mass is 32.2. The zero-order valence-electron chi connectivity index (χ0n) is 17.8. The molecule has 1 atom stereocenters. The van der Waals surface area contributed by atoms with Crippen molar-refractivity contribution in [2.45, 2.75) is 30.1 Å². The van der Waals surface area contributed by atoms with E-state index in [4.69, 9.17) is 14.6 Å². The van der Waals surface area contributed by atoms with Gasteiger partial charge < -0.3 is 14.6 Å². The number of nitrogens with zero attached hydrogens (tertiary/aromatic N) is 1. The Kier molecular flexibility index (Phi) is 8.79. The van der Waals surface area contributed by atoms with E-state index in [9.17, 15) is 5.26 Å². The average Bonchev–Trinajstić information content (AvgIpc) is 2.81. The van der Waals surface area contributed by atoms with Crippen LogP contribution in [0.3, 0.4) is 0 Å². The first-order chi connectivity index (χ1) is 14.5. The van der Waals surface area contributed by atoms with E-state index in [0.717, 1.165) is 16.0 Å². The van der Waals surface area contributed by atoms with Gasteiger partial charge in [-0.2, -0.15) is 5.26 Å². The quantitative estimate of drug-likeness (QED) is 0.516. The summed E-state index contributed by atoms with van der Waals surface area (Å²) >= 11 is 1.53. The zero-order chi connectivity index (χ0) is 22.0. The van der Waals surface area contributed by atoms with Crippen molar-refractivity contribution < 1.29 is 14.6 Å². The number of thioether (sulfide) groups is 1. The number of nitriles is 1. The molecule has 30 heavy (non-hydrogen) atoms. The summed E-state index contributed by atoms with van der Waals surface area (Å²) in [5.74, 6) is 1.29. The molecule has 0 aliphatic heterocycles. The largest absolute Gasteiger partial charge is 0.493 e. The molecule has 0 fully saturated rings. The Morgan fingerprint density at radius 3 is 2.07 bits per heavy atom. The maximum atomic E-state index is 9.70. The van der Waals surface area contributed by atoms with Crippen molar-refractivity contribution in [2.24, 2.45) is 0 Å². The van der Waals surface area contributed by atoms with Crippen LogP contribution in [0, 0.1) is 18.3 Å². The van der Waals surface area contributed by atoms with Crippen LogP contribution in [0.25, 0.3) is 0 Å². The van der Waals surface area contributed by atoms with Gasteiger partial charge in [-0.25, -0.2) is 0 Å². The molecule has 5 heteroatoms. The molecule has 0 heterocycles. The Hall–Kier alpha value is -2.94. The summed E-state index contributed by atoms with van der Waals surface area (Å²) in [6.45, 7) is 4.10. The number of aryl methyl sites for hydroxylation is 1. The van der Waals surface area contributed by atoms with E-state index in [-0.39, 0.29) is 6.61 Å². The molecule has 0 saturated carbocycles. The van der Waals surface area contributed by atoms with Gasteiger partial charge in [-0.1, -0.05) is 65.9 Å². The Bertz CT molecular complexity index is 968. The molecule has 4 nitrogen and oxygen atoms in total. The molecule has 0 bridgehead atoms. The van der Waals surface area contributed by atoms with Gasteiger partial charge in [0.2, 0.25) is 0 Å². The second kappa shape index (κ2) is 11.3. The number of methoxy groups -OCH3 is 2. The van der Waals surface area contributed by atoms with Gasteiger partial charge in [-0.3, -0.25) is 0 Å². The van der Waals surface area contributed by atoms with E-state index in [1.165, 1.54) is 17.3 Å². The Morgan fingerprint density at radius 1 is 0.933 bits per heavy atom. The molecule has 1 N–H and O–H groups in total. The van der Waals surface area contributed by atoms with Crippen molar-refractivity contribution in [1.29, 1.82) is 5.26 Å². The predicted molar refractivity (Wildman–Crippen MR) is 122 cm³/mol. The van der Waals surface area contributed by atoms with Gasteiger partial charge in [0.05, 0.1) is 26.9 Å². The Morgan fingerprint density at radius 2 is 1.57 bits per heavy atom. The lowest BCUT2D eigenvalue weighted by Gasteiger charge is -2.22. The third kappa shape index (κ3) is 6.28. The number of rotatable bonds is 6. The first-order valence-electron chi connectivity index (χ1n) is 9.50. The van der Waals surface area contributed by atoms with Crippen LogP contribution >= 0.6 is 11.8 Å². The van der Waals surface area contributed by atoms with Crippen LogP contribution in [-0.4, -0.2) is 19.3 Å². The highest BCUT2D eigenvalue weighted by Crippen LogP contribution is 2.43. The number of aliphatic hydroxyl groups excluding tert-OH is 1. The zero-order valence-corrected chi connectivity index (χ0v) is 18.6. The van der Waals surface area contributed by atoms with Crippen LogP contribution < -0.4 is 9.47 Å². The molecule has 0 amide bonds. The van der Waals surface area contributed by atoms with Gasteiger partial charge >= 0.3 is 0 Å². The second-order valence-electron chi connectivity index (χ2n) is 6.77. The minimum atomic E-state index is -0.700. The van der Waals surface area contributed by atoms with Crippen LogP contribution in [-0.2, 0) is 11.4 Å². The first-order valence-corrected chi connectivity index (χ1v) is 10.3. The maximum Gasteiger partial charge on any atom is 0.161 e. The van der Waals surface area contributed by atoms with Crippen molar-refractivity contribution in [3.05, 3.63) is 89.5 Å². The lowest BCUT2D eigenvalue weighted by Crippen LogP contribution is -2.14. The SMILES string of the molecule is COc1ccc(C(C)(C#N)Sc2ccc(C)cc2)cc1OC.OCc1ccccc1. The Balaban J connectivity index is 0.000000335. The van der Waals surface area contributed by atoms with Crippen LogP contribution in [0.1, 0.15) is 23.6 Å². The van der Waals surface area contributed by atoms with Gasteiger partial charge in [0, 0.05) is 4.90 Å². The number of aliphatic hydroxyl groups is 1. The molecule has 0 radical (unpaired) electrons. The highest BCUT2D eigenvalue weighted by Gasteiger charge is 2.29. The summed E-state index contributed by atoms with van der Waals surface area (Å²) in [6, 6.07) is 25.7. The Labute approximate surface area is 183 Å². The molecular formula is C25H27NO3S. The van der Waals surface area contributed by atoms with Crippen molar-refractivity contribution in [3.8, 4) is 17.6 Å². The lowest BCUT2D eigenvalue weighted by molar-refractivity contribution is 0.282. The smallest absolute Gasteiger partial charge is 0.161 e. The fourth-order valence-electron chi connectivity index (χ4n) is 2.70. The monoisotopic (exact) mass is 421 g/mol. The number of hydrogen-bond acceptors (Lipinski definition) is 5. The standard InChI is InChI=1S/C18H19NO2S.C7H8O/c1-13-5-8-15(9-6-13)22-18(2,12-19)14-7-10-16(20-3)17(11-14)21-4;8-6-7-4-2-1-3-5-7/h5-11H,1-4H3;1-5,8H,6H2. The molecule has 1 unspecified atom stereocenters. The number of benzene rings is 3. The summed E-state index contributed by atoms with van der Waals surface area (Å²) in [6.07, 6.45) is 0.